The third-order valence-corrected chi connectivity index (χ3v) is 3.38. The fourth-order valence-corrected chi connectivity index (χ4v) is 2.34. The van der Waals surface area contributed by atoms with E-state index in [1.807, 2.05) is 6.07 Å². The minimum absolute atomic E-state index is 0.0156. The predicted octanol–water partition coefficient (Wildman–Crippen LogP) is 3.51. The topological polar surface area (TPSA) is 72.5 Å². The highest BCUT2D eigenvalue weighted by atomic mass is 35.5. The number of halogens is 1. The van der Waals surface area contributed by atoms with Crippen LogP contribution in [0, 0.1) is 0 Å². The number of hydrogen-bond donors (Lipinski definition) is 2. The molecular weight excluding hydrogens is 278 g/mol. The van der Waals surface area contributed by atoms with Gasteiger partial charge in [0.05, 0.1) is 7.11 Å². The molecule has 0 heterocycles. The maximum Gasteiger partial charge on any atom is 0.303 e. The van der Waals surface area contributed by atoms with Crippen LogP contribution in [0.5, 0.6) is 5.75 Å². The van der Waals surface area contributed by atoms with Gasteiger partial charge in [-0.15, -0.1) is 0 Å². The molecule has 1 aromatic rings. The second-order valence-electron chi connectivity index (χ2n) is 5.86. The molecule has 4 nitrogen and oxygen atoms in total. The van der Waals surface area contributed by atoms with E-state index in [0.29, 0.717) is 17.2 Å². The van der Waals surface area contributed by atoms with Gasteiger partial charge in [0, 0.05) is 28.6 Å². The minimum atomic E-state index is -0.863. The normalized spacial score (nSPS) is 13.1. The van der Waals surface area contributed by atoms with E-state index in [0.717, 1.165) is 11.1 Å². The Morgan fingerprint density at radius 1 is 1.45 bits per heavy atom. The van der Waals surface area contributed by atoms with Gasteiger partial charge in [-0.05, 0) is 24.0 Å². The molecule has 0 saturated heterocycles. The van der Waals surface area contributed by atoms with Crippen LogP contribution in [-0.4, -0.2) is 18.2 Å². The van der Waals surface area contributed by atoms with Crippen LogP contribution in [0.25, 0.3) is 0 Å². The Balaban J connectivity index is 3.24. The van der Waals surface area contributed by atoms with Crippen molar-refractivity contribution in [2.75, 3.05) is 7.11 Å². The first-order valence-electron chi connectivity index (χ1n) is 6.52. The lowest BCUT2D eigenvalue weighted by molar-refractivity contribution is -0.137. The molecule has 0 spiro atoms. The van der Waals surface area contributed by atoms with Gasteiger partial charge in [0.1, 0.15) is 5.75 Å². The Bertz CT molecular complexity index is 495. The summed E-state index contributed by atoms with van der Waals surface area (Å²) in [6.07, 6.45) is 0.358. The van der Waals surface area contributed by atoms with Gasteiger partial charge < -0.3 is 15.6 Å². The summed E-state index contributed by atoms with van der Waals surface area (Å²) in [7, 11) is 1.59. The van der Waals surface area contributed by atoms with Gasteiger partial charge in [-0.2, -0.15) is 0 Å². The van der Waals surface area contributed by atoms with E-state index < -0.39 is 12.0 Å². The summed E-state index contributed by atoms with van der Waals surface area (Å²) in [5.74, 6) is -0.169. The number of rotatable bonds is 5. The molecule has 0 aliphatic heterocycles. The first kappa shape index (κ1) is 16.8. The minimum Gasteiger partial charge on any atom is -0.496 e. The maximum absolute atomic E-state index is 10.7. The van der Waals surface area contributed by atoms with E-state index in [-0.39, 0.29) is 11.8 Å². The summed E-state index contributed by atoms with van der Waals surface area (Å²) in [5.41, 5.74) is 7.68. The van der Waals surface area contributed by atoms with Crippen LogP contribution in [-0.2, 0) is 10.2 Å². The van der Waals surface area contributed by atoms with E-state index in [1.54, 1.807) is 13.2 Å². The Labute approximate surface area is 124 Å². The van der Waals surface area contributed by atoms with Crippen molar-refractivity contribution in [3.05, 3.63) is 28.3 Å². The average Bonchev–Trinajstić information content (AvgIpc) is 2.33. The smallest absolute Gasteiger partial charge is 0.303 e. The lowest BCUT2D eigenvalue weighted by Crippen LogP contribution is -2.18. The van der Waals surface area contributed by atoms with Crippen LogP contribution in [0.3, 0.4) is 0 Å². The van der Waals surface area contributed by atoms with Crippen molar-refractivity contribution < 1.29 is 14.6 Å². The first-order chi connectivity index (χ1) is 9.16. The zero-order valence-corrected chi connectivity index (χ0v) is 13.1. The molecule has 1 rings (SSSR count). The number of aliphatic carboxylic acids is 1. The van der Waals surface area contributed by atoms with E-state index in [9.17, 15) is 4.79 Å². The molecule has 3 N–H and O–H groups in total. The Morgan fingerprint density at radius 2 is 2.05 bits per heavy atom. The van der Waals surface area contributed by atoms with E-state index >= 15 is 0 Å². The zero-order chi connectivity index (χ0) is 15.5. The Morgan fingerprint density at radius 3 is 2.50 bits per heavy atom. The quantitative estimate of drug-likeness (QED) is 0.872. The molecule has 0 bridgehead atoms. The third-order valence-electron chi connectivity index (χ3n) is 3.16. The van der Waals surface area contributed by atoms with Crippen LogP contribution in [0.4, 0.5) is 0 Å². The zero-order valence-electron chi connectivity index (χ0n) is 12.4. The molecule has 0 aliphatic rings. The summed E-state index contributed by atoms with van der Waals surface area (Å²) >= 11 is 6.16. The van der Waals surface area contributed by atoms with Crippen molar-refractivity contribution in [1.82, 2.24) is 0 Å². The number of hydrogen-bond acceptors (Lipinski definition) is 3. The molecule has 0 amide bonds. The Kier molecular flexibility index (Phi) is 5.42. The number of carboxylic acid groups (broad SMARTS) is 1. The fourth-order valence-electron chi connectivity index (χ4n) is 2.11. The van der Waals surface area contributed by atoms with Crippen molar-refractivity contribution in [3.8, 4) is 5.75 Å². The number of carboxylic acids is 1. The highest BCUT2D eigenvalue weighted by Gasteiger charge is 2.24. The van der Waals surface area contributed by atoms with Gasteiger partial charge in [0.2, 0.25) is 0 Å². The summed E-state index contributed by atoms with van der Waals surface area (Å²) in [6, 6.07) is 3.21. The molecule has 0 radical (unpaired) electrons. The van der Waals surface area contributed by atoms with Crippen LogP contribution in [0.2, 0.25) is 5.02 Å². The van der Waals surface area contributed by atoms with Gasteiger partial charge in [-0.25, -0.2) is 0 Å². The molecule has 5 heteroatoms. The summed E-state index contributed by atoms with van der Waals surface area (Å²) < 4.78 is 5.50. The lowest BCUT2D eigenvalue weighted by Gasteiger charge is -2.26. The van der Waals surface area contributed by atoms with Crippen LogP contribution < -0.4 is 10.5 Å². The van der Waals surface area contributed by atoms with Gasteiger partial charge in [0.15, 0.2) is 0 Å². The molecule has 0 saturated carbocycles. The molecule has 1 atom stereocenters. The van der Waals surface area contributed by atoms with Crippen molar-refractivity contribution in [1.29, 1.82) is 0 Å². The fraction of sp³-hybridized carbons (Fsp3) is 0.533. The molecule has 1 unspecified atom stereocenters. The molecular formula is C15H22ClNO3. The van der Waals surface area contributed by atoms with Crippen molar-refractivity contribution >= 4 is 17.6 Å². The summed E-state index contributed by atoms with van der Waals surface area (Å²) in [6.45, 7) is 6.19. The number of ether oxygens (including phenoxy) is 1. The average molecular weight is 300 g/mol. The maximum atomic E-state index is 10.7. The highest BCUT2D eigenvalue weighted by molar-refractivity contribution is 6.30. The highest BCUT2D eigenvalue weighted by Crippen LogP contribution is 2.39. The molecule has 0 aromatic heterocycles. The predicted molar refractivity (Wildman–Crippen MR) is 80.5 cm³/mol. The van der Waals surface area contributed by atoms with Crippen LogP contribution in [0.15, 0.2) is 12.1 Å². The number of benzene rings is 1. The van der Waals surface area contributed by atoms with Gasteiger partial charge >= 0.3 is 5.97 Å². The van der Waals surface area contributed by atoms with Crippen LogP contribution >= 0.6 is 11.6 Å². The molecule has 112 valence electrons. The molecule has 1 aromatic carbocycles. The van der Waals surface area contributed by atoms with E-state index in [1.165, 1.54) is 0 Å². The second kappa shape index (κ2) is 6.46. The number of methoxy groups -OCH3 is 1. The second-order valence-corrected chi connectivity index (χ2v) is 6.30. The van der Waals surface area contributed by atoms with E-state index in [2.05, 4.69) is 20.8 Å². The Hall–Kier alpha value is -1.26. The summed E-state index contributed by atoms with van der Waals surface area (Å²) in [5, 5.41) is 9.34. The standard InChI is InChI=1S/C15H22ClNO3/c1-15(2,3)11-8-9(16)7-10(14(11)20-4)12(17)5-6-13(18)19/h7-8,12H,5-6,17H2,1-4H3,(H,18,19). The van der Waals surface area contributed by atoms with Crippen molar-refractivity contribution in [3.63, 3.8) is 0 Å². The van der Waals surface area contributed by atoms with Crippen molar-refractivity contribution in [2.45, 2.75) is 45.1 Å². The van der Waals surface area contributed by atoms with Gasteiger partial charge in [-0.1, -0.05) is 32.4 Å². The SMILES string of the molecule is COc1c(C(N)CCC(=O)O)cc(Cl)cc1C(C)(C)C. The largest absolute Gasteiger partial charge is 0.496 e. The van der Waals surface area contributed by atoms with Crippen molar-refractivity contribution in [2.24, 2.45) is 5.73 Å². The molecule has 0 aliphatic carbocycles. The summed E-state index contributed by atoms with van der Waals surface area (Å²) in [4.78, 5) is 10.7. The van der Waals surface area contributed by atoms with E-state index in [4.69, 9.17) is 27.2 Å². The first-order valence-corrected chi connectivity index (χ1v) is 6.90. The number of carbonyl (C=O) groups is 1. The molecule has 0 fully saturated rings. The lowest BCUT2D eigenvalue weighted by atomic mass is 9.84. The van der Waals surface area contributed by atoms with Crippen LogP contribution in [0.1, 0.15) is 50.8 Å². The van der Waals surface area contributed by atoms with Gasteiger partial charge in [-0.3, -0.25) is 4.79 Å². The van der Waals surface area contributed by atoms with Gasteiger partial charge in [0.25, 0.3) is 0 Å². The monoisotopic (exact) mass is 299 g/mol. The third kappa shape index (κ3) is 4.12. The molecule has 20 heavy (non-hydrogen) atoms. The number of nitrogens with two attached hydrogens (primary N) is 1.